The second-order valence-corrected chi connectivity index (χ2v) is 7.81. The zero-order valence-corrected chi connectivity index (χ0v) is 17.9. The van der Waals surface area contributed by atoms with Crippen molar-refractivity contribution in [3.8, 4) is 0 Å². The van der Waals surface area contributed by atoms with Crippen LogP contribution in [0.25, 0.3) is 0 Å². The standard InChI is InChI=1S/C24H26N2O5/c1-15(2)17-11-6-8-16(3)22(17)25-20(27)14-31-21(28)12-7-13-26-23(29)18-9-4-5-10-19(18)24(26)30/h4-6,8-11,15H,7,12-14H2,1-3H3,(H,25,27). The van der Waals surface area contributed by atoms with E-state index < -0.39 is 18.5 Å². The summed E-state index contributed by atoms with van der Waals surface area (Å²) in [6.07, 6.45) is 0.267. The number of nitrogens with one attached hydrogen (secondary N) is 1. The Hall–Kier alpha value is -3.48. The second kappa shape index (κ2) is 9.55. The molecule has 2 aromatic rings. The SMILES string of the molecule is Cc1cccc(C(C)C)c1NC(=O)COC(=O)CCCN1C(=O)c2ccccc2C1=O. The fourth-order valence-corrected chi connectivity index (χ4v) is 3.56. The number of aryl methyl sites for hydroxylation is 1. The molecule has 31 heavy (non-hydrogen) atoms. The van der Waals surface area contributed by atoms with Gasteiger partial charge < -0.3 is 10.1 Å². The fourth-order valence-electron chi connectivity index (χ4n) is 3.56. The number of carbonyl (C=O) groups is 4. The lowest BCUT2D eigenvalue weighted by molar-refractivity contribution is -0.147. The molecule has 1 aliphatic heterocycles. The predicted molar refractivity (Wildman–Crippen MR) is 116 cm³/mol. The number of benzene rings is 2. The number of rotatable bonds is 8. The third kappa shape index (κ3) is 4.99. The maximum atomic E-state index is 12.3. The monoisotopic (exact) mass is 422 g/mol. The van der Waals surface area contributed by atoms with Gasteiger partial charge >= 0.3 is 5.97 Å². The second-order valence-electron chi connectivity index (χ2n) is 7.81. The molecule has 3 rings (SSSR count). The number of nitrogens with zero attached hydrogens (tertiary/aromatic N) is 1. The highest BCUT2D eigenvalue weighted by Gasteiger charge is 2.34. The molecule has 0 saturated heterocycles. The van der Waals surface area contributed by atoms with E-state index in [1.807, 2.05) is 39.0 Å². The Balaban J connectivity index is 1.45. The van der Waals surface area contributed by atoms with Crippen LogP contribution in [-0.4, -0.2) is 41.7 Å². The van der Waals surface area contributed by atoms with Crippen LogP contribution in [0.15, 0.2) is 42.5 Å². The van der Waals surface area contributed by atoms with Crippen molar-refractivity contribution in [3.05, 3.63) is 64.7 Å². The number of carbonyl (C=O) groups excluding carboxylic acids is 4. The normalized spacial score (nSPS) is 12.8. The fraction of sp³-hybridized carbons (Fsp3) is 0.333. The average molecular weight is 422 g/mol. The number of hydrogen-bond donors (Lipinski definition) is 1. The van der Waals surface area contributed by atoms with Gasteiger partial charge in [-0.15, -0.1) is 0 Å². The highest BCUT2D eigenvalue weighted by Crippen LogP contribution is 2.27. The Labute approximate surface area is 181 Å². The van der Waals surface area contributed by atoms with Crippen molar-refractivity contribution in [2.24, 2.45) is 0 Å². The van der Waals surface area contributed by atoms with Gasteiger partial charge in [0.2, 0.25) is 0 Å². The molecule has 0 aromatic heterocycles. The van der Waals surface area contributed by atoms with Gasteiger partial charge in [0.15, 0.2) is 6.61 Å². The highest BCUT2D eigenvalue weighted by molar-refractivity contribution is 6.21. The molecule has 1 aliphatic rings. The predicted octanol–water partition coefficient (Wildman–Crippen LogP) is 3.68. The van der Waals surface area contributed by atoms with Crippen molar-refractivity contribution >= 4 is 29.4 Å². The van der Waals surface area contributed by atoms with E-state index in [4.69, 9.17) is 4.74 Å². The van der Waals surface area contributed by atoms with Gasteiger partial charge in [-0.2, -0.15) is 0 Å². The molecule has 0 atom stereocenters. The number of anilines is 1. The van der Waals surface area contributed by atoms with Crippen molar-refractivity contribution in [1.29, 1.82) is 0 Å². The molecule has 1 heterocycles. The molecule has 162 valence electrons. The summed E-state index contributed by atoms with van der Waals surface area (Å²) in [5.74, 6) is -1.44. The summed E-state index contributed by atoms with van der Waals surface area (Å²) >= 11 is 0. The van der Waals surface area contributed by atoms with Crippen molar-refractivity contribution in [3.63, 3.8) is 0 Å². The largest absolute Gasteiger partial charge is 0.456 e. The molecule has 0 aliphatic carbocycles. The van der Waals surface area contributed by atoms with E-state index in [0.717, 1.165) is 21.7 Å². The zero-order valence-electron chi connectivity index (χ0n) is 17.9. The molecule has 2 aromatic carbocycles. The Kier molecular flexibility index (Phi) is 6.84. The summed E-state index contributed by atoms with van der Waals surface area (Å²) in [5, 5.41) is 2.82. The van der Waals surface area contributed by atoms with E-state index in [-0.39, 0.29) is 37.1 Å². The molecule has 0 radical (unpaired) electrons. The molecule has 7 nitrogen and oxygen atoms in total. The first-order chi connectivity index (χ1) is 14.8. The number of para-hydroxylation sites is 1. The van der Waals surface area contributed by atoms with Crippen LogP contribution >= 0.6 is 0 Å². The maximum absolute atomic E-state index is 12.3. The van der Waals surface area contributed by atoms with Crippen LogP contribution in [0.2, 0.25) is 0 Å². The Morgan fingerprint density at radius 2 is 1.65 bits per heavy atom. The molecule has 7 heteroatoms. The first-order valence-corrected chi connectivity index (χ1v) is 10.3. The van der Waals surface area contributed by atoms with Gasteiger partial charge in [0.1, 0.15) is 0 Å². The van der Waals surface area contributed by atoms with Crippen molar-refractivity contribution in [1.82, 2.24) is 4.90 Å². The van der Waals surface area contributed by atoms with Crippen LogP contribution in [-0.2, 0) is 14.3 Å². The van der Waals surface area contributed by atoms with Gasteiger partial charge in [-0.3, -0.25) is 24.1 Å². The Morgan fingerprint density at radius 3 is 2.26 bits per heavy atom. The minimum absolute atomic E-state index is 0.00228. The van der Waals surface area contributed by atoms with Crippen molar-refractivity contribution in [2.45, 2.75) is 39.5 Å². The number of amides is 3. The minimum Gasteiger partial charge on any atom is -0.456 e. The Bertz CT molecular complexity index is 993. The third-order valence-electron chi connectivity index (χ3n) is 5.20. The van der Waals surface area contributed by atoms with Crippen molar-refractivity contribution in [2.75, 3.05) is 18.5 Å². The van der Waals surface area contributed by atoms with Gasteiger partial charge in [0.25, 0.3) is 17.7 Å². The number of esters is 1. The van der Waals surface area contributed by atoms with Gasteiger partial charge in [0, 0.05) is 18.7 Å². The van der Waals surface area contributed by atoms with E-state index in [0.29, 0.717) is 11.1 Å². The first-order valence-electron chi connectivity index (χ1n) is 10.3. The molecule has 3 amide bonds. The third-order valence-corrected chi connectivity index (χ3v) is 5.20. The molecular formula is C24H26N2O5. The average Bonchev–Trinajstić information content (AvgIpc) is 2.98. The van der Waals surface area contributed by atoms with Gasteiger partial charge in [-0.1, -0.05) is 44.2 Å². The summed E-state index contributed by atoms with van der Waals surface area (Å²) in [4.78, 5) is 50.0. The number of imide groups is 1. The molecule has 0 bridgehead atoms. The summed E-state index contributed by atoms with van der Waals surface area (Å²) in [6.45, 7) is 5.72. The van der Waals surface area contributed by atoms with Crippen LogP contribution in [0.5, 0.6) is 0 Å². The zero-order chi connectivity index (χ0) is 22.5. The van der Waals surface area contributed by atoms with Crippen LogP contribution in [0, 0.1) is 6.92 Å². The number of ether oxygens (including phenoxy) is 1. The summed E-state index contributed by atoms with van der Waals surface area (Å²) in [7, 11) is 0. The van der Waals surface area contributed by atoms with Gasteiger partial charge in [-0.05, 0) is 42.5 Å². The van der Waals surface area contributed by atoms with E-state index in [2.05, 4.69) is 5.32 Å². The van der Waals surface area contributed by atoms with E-state index in [1.165, 1.54) is 0 Å². The minimum atomic E-state index is -0.555. The summed E-state index contributed by atoms with van der Waals surface area (Å²) in [6, 6.07) is 12.4. The number of hydrogen-bond acceptors (Lipinski definition) is 5. The lowest BCUT2D eigenvalue weighted by Gasteiger charge is -2.16. The molecule has 1 N–H and O–H groups in total. The number of fused-ring (bicyclic) bond motifs is 1. The van der Waals surface area contributed by atoms with Gasteiger partial charge in [-0.25, -0.2) is 0 Å². The molecule has 0 fully saturated rings. The van der Waals surface area contributed by atoms with E-state index in [1.54, 1.807) is 24.3 Å². The van der Waals surface area contributed by atoms with Crippen LogP contribution in [0.3, 0.4) is 0 Å². The Morgan fingerprint density at radius 1 is 1.00 bits per heavy atom. The smallest absolute Gasteiger partial charge is 0.306 e. The summed E-state index contributed by atoms with van der Waals surface area (Å²) in [5.41, 5.74) is 3.45. The van der Waals surface area contributed by atoms with E-state index >= 15 is 0 Å². The molecule has 0 saturated carbocycles. The highest BCUT2D eigenvalue weighted by atomic mass is 16.5. The molecule has 0 spiro atoms. The van der Waals surface area contributed by atoms with E-state index in [9.17, 15) is 19.2 Å². The lowest BCUT2D eigenvalue weighted by atomic mass is 9.98. The quantitative estimate of drug-likeness (QED) is 0.518. The van der Waals surface area contributed by atoms with Crippen LogP contribution < -0.4 is 5.32 Å². The molecule has 0 unspecified atom stereocenters. The first kappa shape index (κ1) is 22.2. The summed E-state index contributed by atoms with van der Waals surface area (Å²) < 4.78 is 5.06. The van der Waals surface area contributed by atoms with Crippen LogP contribution in [0.4, 0.5) is 5.69 Å². The van der Waals surface area contributed by atoms with Gasteiger partial charge in [0.05, 0.1) is 11.1 Å². The lowest BCUT2D eigenvalue weighted by Crippen LogP contribution is -2.31. The maximum Gasteiger partial charge on any atom is 0.306 e. The topological polar surface area (TPSA) is 92.8 Å². The van der Waals surface area contributed by atoms with Crippen LogP contribution in [0.1, 0.15) is 64.4 Å². The van der Waals surface area contributed by atoms with Crippen molar-refractivity contribution < 1.29 is 23.9 Å². The molecular weight excluding hydrogens is 396 g/mol.